The van der Waals surface area contributed by atoms with Crippen molar-refractivity contribution in [1.29, 1.82) is 0 Å². The number of hydrogen-bond acceptors (Lipinski definition) is 8. The Hall–Kier alpha value is -1.72. The average Bonchev–Trinajstić information content (AvgIpc) is 3.42. The third-order valence-electron chi connectivity index (χ3n) is 5.55. The Bertz CT molecular complexity index is 949. The van der Waals surface area contributed by atoms with Crippen LogP contribution in [0.2, 0.25) is 4.34 Å². The van der Waals surface area contributed by atoms with Gasteiger partial charge in [0.25, 0.3) is 5.91 Å². The van der Waals surface area contributed by atoms with Gasteiger partial charge in [0.1, 0.15) is 0 Å². The molecule has 0 spiro atoms. The van der Waals surface area contributed by atoms with Crippen molar-refractivity contribution < 1.29 is 19.1 Å². The molecule has 2 aromatic heterocycles. The number of carbonyl (C=O) groups is 2. The fraction of sp³-hybridized carbons (Fsp3) is 0.526. The predicted octanol–water partition coefficient (Wildman–Crippen LogP) is 3.03. The van der Waals surface area contributed by atoms with Gasteiger partial charge in [0.2, 0.25) is 0 Å². The Morgan fingerprint density at radius 2 is 2.10 bits per heavy atom. The first-order valence-electron chi connectivity index (χ1n) is 9.61. The highest BCUT2D eigenvalue weighted by Gasteiger charge is 2.38. The van der Waals surface area contributed by atoms with E-state index < -0.39 is 6.09 Å². The molecule has 0 aromatic carbocycles. The Labute approximate surface area is 187 Å². The van der Waals surface area contributed by atoms with E-state index in [1.165, 1.54) is 22.7 Å². The lowest BCUT2D eigenvalue weighted by atomic mass is 10.1. The molecular weight excluding hydrogens is 448 g/mol. The molecule has 0 saturated carbocycles. The van der Waals surface area contributed by atoms with E-state index in [4.69, 9.17) is 21.1 Å². The van der Waals surface area contributed by atoms with E-state index in [0.29, 0.717) is 27.5 Å². The van der Waals surface area contributed by atoms with E-state index in [1.807, 2.05) is 0 Å². The number of methoxy groups -OCH3 is 1. The molecule has 0 bridgehead atoms. The van der Waals surface area contributed by atoms with Crippen molar-refractivity contribution in [2.75, 3.05) is 33.8 Å². The molecule has 11 heteroatoms. The lowest BCUT2D eigenvalue weighted by Gasteiger charge is -2.28. The Morgan fingerprint density at radius 1 is 1.30 bits per heavy atom. The number of aromatic nitrogens is 1. The highest BCUT2D eigenvalue weighted by Crippen LogP contribution is 2.34. The van der Waals surface area contributed by atoms with Crippen LogP contribution in [0.15, 0.2) is 12.1 Å². The molecule has 162 valence electrons. The number of rotatable bonds is 4. The first kappa shape index (κ1) is 21.5. The van der Waals surface area contributed by atoms with Crippen LogP contribution in [0.4, 0.5) is 4.79 Å². The van der Waals surface area contributed by atoms with Crippen molar-refractivity contribution in [1.82, 2.24) is 20.1 Å². The number of carbonyl (C=O) groups excluding carboxylic acids is 2. The second-order valence-corrected chi connectivity index (χ2v) is 10.1. The summed E-state index contributed by atoms with van der Waals surface area (Å²) in [6, 6.07) is 3.18. The number of amides is 2. The number of hydrogen-bond donors (Lipinski definition) is 1. The maximum absolute atomic E-state index is 13.1. The number of nitrogens with zero attached hydrogens (tertiary/aromatic N) is 3. The molecule has 3 unspecified atom stereocenters. The second kappa shape index (κ2) is 8.80. The minimum Gasteiger partial charge on any atom is -0.399 e. The summed E-state index contributed by atoms with van der Waals surface area (Å²) in [6.07, 6.45) is -0.0758. The SMILES string of the molecule is COC1CN(C(=O)c2nc3c(s2)C(C)N(C)CC3)CC1NC(=O)Oc1ccc(Cl)s1. The summed E-state index contributed by atoms with van der Waals surface area (Å²) < 4.78 is 11.3. The van der Waals surface area contributed by atoms with E-state index >= 15 is 0 Å². The summed E-state index contributed by atoms with van der Waals surface area (Å²) in [6.45, 7) is 3.78. The molecule has 3 atom stereocenters. The van der Waals surface area contributed by atoms with Gasteiger partial charge in [0.05, 0.1) is 22.2 Å². The minimum absolute atomic E-state index is 0.131. The fourth-order valence-electron chi connectivity index (χ4n) is 3.71. The van der Waals surface area contributed by atoms with Gasteiger partial charge in [-0.15, -0.1) is 11.3 Å². The van der Waals surface area contributed by atoms with E-state index in [-0.39, 0.29) is 24.1 Å². The molecule has 2 aromatic rings. The number of likely N-dealkylation sites (tertiary alicyclic amines) is 1. The first-order chi connectivity index (χ1) is 14.4. The quantitative estimate of drug-likeness (QED) is 0.739. The van der Waals surface area contributed by atoms with Crippen molar-refractivity contribution in [2.24, 2.45) is 0 Å². The van der Waals surface area contributed by atoms with E-state index in [1.54, 1.807) is 24.1 Å². The van der Waals surface area contributed by atoms with Crippen LogP contribution in [0.1, 0.15) is 33.3 Å². The van der Waals surface area contributed by atoms with Gasteiger partial charge in [-0.2, -0.15) is 0 Å². The van der Waals surface area contributed by atoms with Crippen molar-refractivity contribution in [2.45, 2.75) is 31.5 Å². The number of thiazole rings is 1. The summed E-state index contributed by atoms with van der Waals surface area (Å²) in [5, 5.41) is 3.70. The van der Waals surface area contributed by atoms with Crippen LogP contribution >= 0.6 is 34.3 Å². The Kier molecular flexibility index (Phi) is 6.31. The molecule has 2 amide bonds. The number of halogens is 1. The van der Waals surface area contributed by atoms with Crippen LogP contribution in [0.5, 0.6) is 5.06 Å². The Balaban J connectivity index is 1.41. The van der Waals surface area contributed by atoms with Crippen LogP contribution in [0.3, 0.4) is 0 Å². The molecule has 4 heterocycles. The topological polar surface area (TPSA) is 84.0 Å². The van der Waals surface area contributed by atoms with Gasteiger partial charge in [-0.05, 0) is 26.1 Å². The summed E-state index contributed by atoms with van der Waals surface area (Å²) in [5.41, 5.74) is 1.02. The third-order valence-corrected chi connectivity index (χ3v) is 7.92. The summed E-state index contributed by atoms with van der Waals surface area (Å²) in [7, 11) is 3.65. The van der Waals surface area contributed by atoms with E-state index in [0.717, 1.165) is 23.5 Å². The van der Waals surface area contributed by atoms with Gasteiger partial charge < -0.3 is 19.7 Å². The molecule has 30 heavy (non-hydrogen) atoms. The molecule has 0 aliphatic carbocycles. The largest absolute Gasteiger partial charge is 0.413 e. The number of ether oxygens (including phenoxy) is 2. The number of likely N-dealkylation sites (N-methyl/N-ethyl adjacent to an activating group) is 1. The highest BCUT2D eigenvalue weighted by atomic mass is 35.5. The molecule has 2 aliphatic rings. The van der Waals surface area contributed by atoms with Gasteiger partial charge in [0, 0.05) is 44.1 Å². The Morgan fingerprint density at radius 3 is 2.80 bits per heavy atom. The standard InChI is InChI=1S/C19H23ClN4O4S2/c1-10-16-11(6-7-23(10)2)21-17(30-16)18(25)24-8-12(13(9-24)27-3)22-19(26)28-15-5-4-14(20)29-15/h4-5,10,12-13H,6-9H2,1-3H3,(H,22,26). The average molecular weight is 471 g/mol. The van der Waals surface area contributed by atoms with E-state index in [9.17, 15) is 9.59 Å². The zero-order valence-corrected chi connectivity index (χ0v) is 19.3. The van der Waals surface area contributed by atoms with Gasteiger partial charge in [0.15, 0.2) is 10.1 Å². The van der Waals surface area contributed by atoms with Gasteiger partial charge >= 0.3 is 6.09 Å². The molecular formula is C19H23ClN4O4S2. The number of nitrogens with one attached hydrogen (secondary N) is 1. The van der Waals surface area contributed by atoms with Gasteiger partial charge in [-0.25, -0.2) is 9.78 Å². The van der Waals surface area contributed by atoms with Crippen molar-refractivity contribution in [3.8, 4) is 5.06 Å². The monoisotopic (exact) mass is 470 g/mol. The summed E-state index contributed by atoms with van der Waals surface area (Å²) in [5.74, 6) is -0.131. The lowest BCUT2D eigenvalue weighted by Crippen LogP contribution is -2.44. The molecule has 0 radical (unpaired) electrons. The minimum atomic E-state index is -0.601. The van der Waals surface area contributed by atoms with E-state index in [2.05, 4.69) is 29.2 Å². The smallest absolute Gasteiger partial charge is 0.399 e. The maximum Gasteiger partial charge on any atom is 0.413 e. The van der Waals surface area contributed by atoms with Crippen molar-refractivity contribution in [3.05, 3.63) is 32.0 Å². The van der Waals surface area contributed by atoms with Gasteiger partial charge in [-0.1, -0.05) is 22.9 Å². The maximum atomic E-state index is 13.1. The van der Waals surface area contributed by atoms with Crippen molar-refractivity contribution in [3.63, 3.8) is 0 Å². The molecule has 8 nitrogen and oxygen atoms in total. The first-order valence-corrected chi connectivity index (χ1v) is 11.6. The van der Waals surface area contributed by atoms with Crippen LogP contribution in [0.25, 0.3) is 0 Å². The third kappa shape index (κ3) is 4.33. The fourth-order valence-corrected chi connectivity index (χ4v) is 5.78. The zero-order chi connectivity index (χ0) is 21.4. The van der Waals surface area contributed by atoms with Crippen molar-refractivity contribution >= 4 is 46.3 Å². The van der Waals surface area contributed by atoms with Crippen LogP contribution in [0, 0.1) is 0 Å². The summed E-state index contributed by atoms with van der Waals surface area (Å²) in [4.78, 5) is 35.0. The molecule has 1 fully saturated rings. The van der Waals surface area contributed by atoms with Crippen LogP contribution in [-0.4, -0.2) is 72.7 Å². The highest BCUT2D eigenvalue weighted by molar-refractivity contribution is 7.17. The molecule has 2 aliphatic heterocycles. The zero-order valence-electron chi connectivity index (χ0n) is 16.9. The normalized spacial score (nSPS) is 24.0. The van der Waals surface area contributed by atoms with Gasteiger partial charge in [-0.3, -0.25) is 9.69 Å². The lowest BCUT2D eigenvalue weighted by molar-refractivity contribution is 0.0706. The number of thiophene rings is 1. The van der Waals surface area contributed by atoms with Crippen LogP contribution < -0.4 is 10.1 Å². The molecule has 4 rings (SSSR count). The summed E-state index contributed by atoms with van der Waals surface area (Å²) >= 11 is 8.50. The predicted molar refractivity (Wildman–Crippen MR) is 116 cm³/mol. The number of fused-ring (bicyclic) bond motifs is 1. The molecule has 1 saturated heterocycles. The van der Waals surface area contributed by atoms with Crippen LogP contribution in [-0.2, 0) is 11.2 Å². The second-order valence-electron chi connectivity index (χ2n) is 7.42. The molecule has 1 N–H and O–H groups in total.